The molecule has 10 aliphatic rings. The first-order chi connectivity index (χ1) is 26.3. The summed E-state index contributed by atoms with van der Waals surface area (Å²) in [5, 5.41) is 1.36. The minimum Gasteiger partial charge on any atom is -0.484 e. The van der Waals surface area contributed by atoms with Gasteiger partial charge in [-0.1, -0.05) is 91.1 Å². The highest BCUT2D eigenvalue weighted by Gasteiger charge is 2.66. The second kappa shape index (κ2) is 11.9. The molecule has 0 amide bonds. The van der Waals surface area contributed by atoms with Crippen LogP contribution in [0.25, 0.3) is 22.7 Å². The number of aromatic nitrogens is 1. The van der Waals surface area contributed by atoms with Crippen molar-refractivity contribution in [1.29, 1.82) is 0 Å². The SMILES string of the molecule is C1=CC2C(OC3CCC=CC3C23C2=CCCC(n4c5c(c6ccccc64)C=CCC5)=C2OC2C=CCCC23)C(N2C3=C(C=CCC3)C3C=CCCC32)=C1. The van der Waals surface area contributed by atoms with Crippen LogP contribution >= 0.6 is 0 Å². The van der Waals surface area contributed by atoms with Crippen LogP contribution in [0.5, 0.6) is 0 Å². The van der Waals surface area contributed by atoms with E-state index in [2.05, 4.69) is 119 Å². The van der Waals surface area contributed by atoms with Gasteiger partial charge in [0.1, 0.15) is 18.0 Å². The quantitative estimate of drug-likeness (QED) is 0.292. The average Bonchev–Trinajstić information content (AvgIpc) is 3.73. The molecule has 1 spiro atoms. The van der Waals surface area contributed by atoms with E-state index in [1.165, 1.54) is 51.3 Å². The molecule has 0 N–H and O–H groups in total. The van der Waals surface area contributed by atoms with Gasteiger partial charge in [-0.3, -0.25) is 0 Å². The maximum Gasteiger partial charge on any atom is 0.143 e. The maximum atomic E-state index is 7.61. The van der Waals surface area contributed by atoms with E-state index < -0.39 is 0 Å². The molecule has 0 radical (unpaired) electrons. The monoisotopic (exact) mass is 698 g/mol. The molecule has 268 valence electrons. The van der Waals surface area contributed by atoms with Crippen molar-refractivity contribution in [2.24, 2.45) is 29.1 Å². The third kappa shape index (κ3) is 4.22. The molecule has 0 saturated carbocycles. The third-order valence-electron chi connectivity index (χ3n) is 14.9. The van der Waals surface area contributed by atoms with E-state index in [0.717, 1.165) is 70.6 Å². The second-order valence-corrected chi connectivity index (χ2v) is 17.2. The number of fused-ring (bicyclic) bond motifs is 13. The molecule has 2 fully saturated rings. The van der Waals surface area contributed by atoms with Crippen molar-refractivity contribution >= 4 is 22.7 Å². The Labute approximate surface area is 314 Å². The molecule has 1 aromatic heterocycles. The highest BCUT2D eigenvalue weighted by Crippen LogP contribution is 2.67. The van der Waals surface area contributed by atoms with Gasteiger partial charge >= 0.3 is 0 Å². The minimum absolute atomic E-state index is 0.0135. The van der Waals surface area contributed by atoms with Crippen LogP contribution in [0.2, 0.25) is 0 Å². The van der Waals surface area contributed by atoms with Crippen LogP contribution in [-0.4, -0.2) is 33.8 Å². The van der Waals surface area contributed by atoms with E-state index in [1.807, 2.05) is 0 Å². The van der Waals surface area contributed by atoms with Crippen molar-refractivity contribution in [1.82, 2.24) is 9.47 Å². The molecular formula is C49H50N2O2. The van der Waals surface area contributed by atoms with E-state index in [1.54, 1.807) is 11.3 Å². The molecule has 1 aromatic carbocycles. The van der Waals surface area contributed by atoms with Crippen molar-refractivity contribution in [3.8, 4) is 0 Å². The van der Waals surface area contributed by atoms with Crippen molar-refractivity contribution in [2.75, 3.05) is 0 Å². The molecule has 12 rings (SSSR count). The first-order valence-corrected chi connectivity index (χ1v) is 20.9. The summed E-state index contributed by atoms with van der Waals surface area (Å²) in [6.45, 7) is 0. The number of hydrogen-bond acceptors (Lipinski definition) is 3. The summed E-state index contributed by atoms with van der Waals surface area (Å²) in [5.41, 5.74) is 11.4. The topological polar surface area (TPSA) is 26.6 Å². The van der Waals surface area contributed by atoms with E-state index in [0.29, 0.717) is 23.8 Å². The fraction of sp³-hybridized carbons (Fsp3) is 0.429. The summed E-state index contributed by atoms with van der Waals surface area (Å²) in [6, 6.07) is 9.57. The molecule has 3 aliphatic heterocycles. The minimum atomic E-state index is -0.132. The lowest BCUT2D eigenvalue weighted by Crippen LogP contribution is -2.64. The molecule has 4 heteroatoms. The fourth-order valence-electron chi connectivity index (χ4n) is 13.0. The number of hydrogen-bond donors (Lipinski definition) is 0. The predicted molar refractivity (Wildman–Crippen MR) is 213 cm³/mol. The predicted octanol–water partition coefficient (Wildman–Crippen LogP) is 10.9. The third-order valence-corrected chi connectivity index (χ3v) is 14.9. The fourth-order valence-corrected chi connectivity index (χ4v) is 13.0. The number of para-hydroxylation sites is 1. The zero-order chi connectivity index (χ0) is 34.7. The van der Waals surface area contributed by atoms with Crippen molar-refractivity contribution in [3.63, 3.8) is 0 Å². The van der Waals surface area contributed by atoms with Gasteiger partial charge in [-0.2, -0.15) is 0 Å². The number of ether oxygens (including phenoxy) is 2. The number of nitrogens with zero attached hydrogens (tertiary/aromatic N) is 2. The highest BCUT2D eigenvalue weighted by atomic mass is 16.5. The molecule has 9 atom stereocenters. The van der Waals surface area contributed by atoms with Crippen molar-refractivity contribution in [2.45, 2.75) is 101 Å². The summed E-state index contributed by atoms with van der Waals surface area (Å²) >= 11 is 0. The Bertz CT molecular complexity index is 2230. The zero-order valence-corrected chi connectivity index (χ0v) is 30.7. The van der Waals surface area contributed by atoms with Crippen LogP contribution in [0.15, 0.2) is 132 Å². The molecule has 4 nitrogen and oxygen atoms in total. The molecule has 53 heavy (non-hydrogen) atoms. The Morgan fingerprint density at radius 3 is 2.58 bits per heavy atom. The van der Waals surface area contributed by atoms with Gasteiger partial charge in [-0.25, -0.2) is 0 Å². The Balaban J connectivity index is 1.07. The van der Waals surface area contributed by atoms with E-state index in [9.17, 15) is 0 Å². The van der Waals surface area contributed by atoms with Gasteiger partial charge in [0, 0.05) is 68.7 Å². The van der Waals surface area contributed by atoms with E-state index in [-0.39, 0.29) is 29.6 Å². The van der Waals surface area contributed by atoms with E-state index in [4.69, 9.17) is 9.47 Å². The standard InChI is InChI=1S/C49H50N2O2/c1-7-23-39-31(15-1)32-16-2-8-24-40(32)50(39)43-27-13-21-37-47(43)52-45-29-11-5-19-35(45)49(37)36-20-6-12-30-46(36)53-48-38(49)22-14-28-44(48)51-41-25-9-3-17-33(41)34-18-4-10-26-42(34)51/h1-5,9,12-13,15-19,21-22,25,27,30-31,35-37,39,45-47H,6-8,10-11,14,20,23-24,26,28-29H2. The van der Waals surface area contributed by atoms with Crippen LogP contribution in [-0.2, 0) is 15.9 Å². The second-order valence-electron chi connectivity index (χ2n) is 17.2. The van der Waals surface area contributed by atoms with Gasteiger partial charge in [-0.05, 0) is 101 Å². The van der Waals surface area contributed by atoms with Crippen LogP contribution in [0.4, 0.5) is 0 Å². The first-order valence-electron chi connectivity index (χ1n) is 20.9. The largest absolute Gasteiger partial charge is 0.484 e. The molecule has 2 saturated heterocycles. The number of allylic oxidation sites excluding steroid dienone is 12. The highest BCUT2D eigenvalue weighted by molar-refractivity contribution is 5.94. The molecule has 9 unspecified atom stereocenters. The molecule has 0 bridgehead atoms. The normalized spacial score (nSPS) is 37.4. The smallest absolute Gasteiger partial charge is 0.143 e. The van der Waals surface area contributed by atoms with Crippen molar-refractivity contribution < 1.29 is 9.47 Å². The molecule has 2 aromatic rings. The number of benzene rings is 1. The van der Waals surface area contributed by atoms with E-state index >= 15 is 0 Å². The lowest BCUT2D eigenvalue weighted by Gasteiger charge is -2.64. The van der Waals surface area contributed by atoms with Crippen LogP contribution < -0.4 is 0 Å². The van der Waals surface area contributed by atoms with Gasteiger partial charge in [0.05, 0.1) is 17.3 Å². The van der Waals surface area contributed by atoms with Gasteiger partial charge < -0.3 is 18.9 Å². The first kappa shape index (κ1) is 31.1. The lowest BCUT2D eigenvalue weighted by atomic mass is 9.46. The van der Waals surface area contributed by atoms with Crippen molar-refractivity contribution in [3.05, 3.63) is 143 Å². The van der Waals surface area contributed by atoms with Gasteiger partial charge in [-0.15, -0.1) is 0 Å². The van der Waals surface area contributed by atoms with Gasteiger partial charge in [0.15, 0.2) is 0 Å². The van der Waals surface area contributed by atoms with Gasteiger partial charge in [0.2, 0.25) is 0 Å². The van der Waals surface area contributed by atoms with Gasteiger partial charge in [0.25, 0.3) is 0 Å². The summed E-state index contributed by atoms with van der Waals surface area (Å²) in [5.74, 6) is 2.56. The zero-order valence-electron chi connectivity index (χ0n) is 30.7. The van der Waals surface area contributed by atoms with Crippen LogP contribution in [0.1, 0.15) is 81.9 Å². The molecule has 4 heterocycles. The maximum absolute atomic E-state index is 7.61. The number of rotatable bonds is 2. The summed E-state index contributed by atoms with van der Waals surface area (Å²) in [4.78, 5) is 2.82. The Hall–Kier alpha value is -4.28. The average molecular weight is 699 g/mol. The summed E-state index contributed by atoms with van der Waals surface area (Å²) < 4.78 is 17.7. The molecular weight excluding hydrogens is 649 g/mol. The summed E-state index contributed by atoms with van der Waals surface area (Å²) in [7, 11) is 0. The lowest BCUT2D eigenvalue weighted by molar-refractivity contribution is -0.186. The Morgan fingerprint density at radius 1 is 0.736 bits per heavy atom. The van der Waals surface area contributed by atoms with Crippen LogP contribution in [0.3, 0.4) is 0 Å². The Morgan fingerprint density at radius 2 is 1.58 bits per heavy atom. The Kier molecular flexibility index (Phi) is 6.96. The molecule has 7 aliphatic carbocycles. The van der Waals surface area contributed by atoms with Crippen LogP contribution in [0, 0.1) is 29.1 Å². The summed E-state index contributed by atoms with van der Waals surface area (Å²) in [6.07, 6.45) is 48.1.